The third-order valence-electron chi connectivity index (χ3n) is 1.64. The molecular weight excluding hydrogens is 298 g/mol. The van der Waals surface area contributed by atoms with Crippen LogP contribution >= 0.6 is 34.2 Å². The van der Waals surface area contributed by atoms with Crippen LogP contribution in [0, 0.1) is 3.57 Å². The summed E-state index contributed by atoms with van der Waals surface area (Å²) in [6, 6.07) is 5.89. The summed E-state index contributed by atoms with van der Waals surface area (Å²) in [7, 11) is 0. The van der Waals surface area contributed by atoms with E-state index in [0.29, 0.717) is 6.54 Å². The van der Waals surface area contributed by atoms with Crippen molar-refractivity contribution in [3.05, 3.63) is 32.4 Å². The standard InChI is InChI=1S/C9H12ClIN2/c10-8-1-2-9(11)7(5-8)6-13-4-3-12/h1-2,5,13H,3-4,6,12H2. The van der Waals surface area contributed by atoms with Crippen molar-refractivity contribution in [2.75, 3.05) is 13.1 Å². The van der Waals surface area contributed by atoms with E-state index in [4.69, 9.17) is 17.3 Å². The molecule has 0 amide bonds. The first-order valence-electron chi connectivity index (χ1n) is 4.08. The minimum absolute atomic E-state index is 0.664. The van der Waals surface area contributed by atoms with Crippen LogP contribution in [0.1, 0.15) is 5.56 Å². The summed E-state index contributed by atoms with van der Waals surface area (Å²) in [6.07, 6.45) is 0. The lowest BCUT2D eigenvalue weighted by atomic mass is 10.2. The van der Waals surface area contributed by atoms with E-state index in [1.807, 2.05) is 18.2 Å². The van der Waals surface area contributed by atoms with Crippen LogP contribution in [0.3, 0.4) is 0 Å². The van der Waals surface area contributed by atoms with Gasteiger partial charge in [-0.1, -0.05) is 11.6 Å². The number of nitrogens with one attached hydrogen (secondary N) is 1. The molecule has 13 heavy (non-hydrogen) atoms. The maximum atomic E-state index is 5.87. The molecule has 0 spiro atoms. The molecule has 4 heteroatoms. The van der Waals surface area contributed by atoms with E-state index in [-0.39, 0.29) is 0 Å². The number of hydrogen-bond donors (Lipinski definition) is 2. The highest BCUT2D eigenvalue weighted by atomic mass is 127. The first-order valence-corrected chi connectivity index (χ1v) is 5.54. The molecule has 1 rings (SSSR count). The van der Waals surface area contributed by atoms with Gasteiger partial charge in [0.25, 0.3) is 0 Å². The lowest BCUT2D eigenvalue weighted by Gasteiger charge is -2.05. The highest BCUT2D eigenvalue weighted by Gasteiger charge is 1.99. The van der Waals surface area contributed by atoms with Crippen molar-refractivity contribution in [1.82, 2.24) is 5.32 Å². The quantitative estimate of drug-likeness (QED) is 0.659. The first-order chi connectivity index (χ1) is 6.24. The summed E-state index contributed by atoms with van der Waals surface area (Å²) in [5, 5.41) is 4.01. The van der Waals surface area contributed by atoms with Crippen LogP contribution in [0.25, 0.3) is 0 Å². The van der Waals surface area contributed by atoms with Crippen LogP contribution in [-0.2, 0) is 6.54 Å². The molecular formula is C9H12ClIN2. The zero-order valence-electron chi connectivity index (χ0n) is 7.19. The molecule has 0 aromatic heterocycles. The Labute approximate surface area is 97.0 Å². The van der Waals surface area contributed by atoms with Crippen LogP contribution in [-0.4, -0.2) is 13.1 Å². The molecule has 72 valence electrons. The fraction of sp³-hybridized carbons (Fsp3) is 0.333. The Morgan fingerprint density at radius 3 is 2.92 bits per heavy atom. The van der Waals surface area contributed by atoms with Gasteiger partial charge >= 0.3 is 0 Å². The van der Waals surface area contributed by atoms with Crippen LogP contribution in [0.15, 0.2) is 18.2 Å². The van der Waals surface area contributed by atoms with E-state index in [1.54, 1.807) is 0 Å². The van der Waals surface area contributed by atoms with Gasteiger partial charge in [-0.05, 0) is 46.4 Å². The van der Waals surface area contributed by atoms with Gasteiger partial charge in [-0.3, -0.25) is 0 Å². The summed E-state index contributed by atoms with van der Waals surface area (Å²) in [4.78, 5) is 0. The molecule has 0 radical (unpaired) electrons. The average Bonchev–Trinajstić information content (AvgIpc) is 2.11. The molecule has 0 aliphatic heterocycles. The Bertz CT molecular complexity index is 278. The average molecular weight is 311 g/mol. The molecule has 0 atom stereocenters. The molecule has 0 saturated heterocycles. The van der Waals surface area contributed by atoms with Crippen LogP contribution in [0.4, 0.5) is 0 Å². The Kier molecular flexibility index (Phi) is 5.01. The van der Waals surface area contributed by atoms with Crippen LogP contribution in [0.5, 0.6) is 0 Å². The number of hydrogen-bond acceptors (Lipinski definition) is 2. The third-order valence-corrected chi connectivity index (χ3v) is 2.93. The third kappa shape index (κ3) is 3.81. The zero-order valence-corrected chi connectivity index (χ0v) is 10.1. The van der Waals surface area contributed by atoms with Gasteiger partial charge in [-0.2, -0.15) is 0 Å². The molecule has 0 saturated carbocycles. The van der Waals surface area contributed by atoms with E-state index in [9.17, 15) is 0 Å². The van der Waals surface area contributed by atoms with Crippen LogP contribution in [0.2, 0.25) is 5.02 Å². The minimum atomic E-state index is 0.664. The van der Waals surface area contributed by atoms with E-state index in [1.165, 1.54) is 9.13 Å². The first kappa shape index (κ1) is 11.2. The van der Waals surface area contributed by atoms with Crippen molar-refractivity contribution in [1.29, 1.82) is 0 Å². The maximum absolute atomic E-state index is 5.87. The molecule has 3 N–H and O–H groups in total. The minimum Gasteiger partial charge on any atom is -0.329 e. The normalized spacial score (nSPS) is 10.4. The number of benzene rings is 1. The molecule has 0 heterocycles. The Balaban J connectivity index is 2.59. The van der Waals surface area contributed by atoms with E-state index in [0.717, 1.165) is 18.1 Å². The summed E-state index contributed by atoms with van der Waals surface area (Å²) in [5.74, 6) is 0. The van der Waals surface area contributed by atoms with E-state index < -0.39 is 0 Å². The molecule has 0 aliphatic carbocycles. The van der Waals surface area contributed by atoms with Gasteiger partial charge < -0.3 is 11.1 Å². The summed E-state index contributed by atoms with van der Waals surface area (Å²) >= 11 is 8.17. The molecule has 2 nitrogen and oxygen atoms in total. The predicted molar refractivity (Wildman–Crippen MR) is 64.9 cm³/mol. The van der Waals surface area contributed by atoms with Crippen molar-refractivity contribution in [3.8, 4) is 0 Å². The monoisotopic (exact) mass is 310 g/mol. The molecule has 0 fully saturated rings. The van der Waals surface area contributed by atoms with Gasteiger partial charge in [0.2, 0.25) is 0 Å². The Morgan fingerprint density at radius 1 is 1.46 bits per heavy atom. The molecule has 0 bridgehead atoms. The predicted octanol–water partition coefficient (Wildman–Crippen LogP) is 1.99. The number of nitrogens with two attached hydrogens (primary N) is 1. The summed E-state index contributed by atoms with van der Waals surface area (Å²) < 4.78 is 1.23. The second-order valence-electron chi connectivity index (χ2n) is 2.70. The largest absolute Gasteiger partial charge is 0.329 e. The topological polar surface area (TPSA) is 38.0 Å². The van der Waals surface area contributed by atoms with Gasteiger partial charge in [-0.15, -0.1) is 0 Å². The van der Waals surface area contributed by atoms with Gasteiger partial charge in [0.15, 0.2) is 0 Å². The van der Waals surface area contributed by atoms with Crippen molar-refractivity contribution < 1.29 is 0 Å². The Morgan fingerprint density at radius 2 is 2.23 bits per heavy atom. The molecule has 0 unspecified atom stereocenters. The van der Waals surface area contributed by atoms with Crippen molar-refractivity contribution in [3.63, 3.8) is 0 Å². The Hall–Kier alpha value is 0.160. The number of rotatable bonds is 4. The van der Waals surface area contributed by atoms with E-state index >= 15 is 0 Å². The summed E-state index contributed by atoms with van der Waals surface area (Å²) in [5.41, 5.74) is 6.59. The lowest BCUT2D eigenvalue weighted by Crippen LogP contribution is -2.22. The summed E-state index contributed by atoms with van der Waals surface area (Å²) in [6.45, 7) is 2.33. The van der Waals surface area contributed by atoms with Gasteiger partial charge in [-0.25, -0.2) is 0 Å². The van der Waals surface area contributed by atoms with Gasteiger partial charge in [0.05, 0.1) is 0 Å². The fourth-order valence-electron chi connectivity index (χ4n) is 1.00. The van der Waals surface area contributed by atoms with E-state index in [2.05, 4.69) is 27.9 Å². The fourth-order valence-corrected chi connectivity index (χ4v) is 1.72. The number of halogens is 2. The van der Waals surface area contributed by atoms with Crippen molar-refractivity contribution in [2.45, 2.75) is 6.54 Å². The zero-order chi connectivity index (χ0) is 9.68. The second kappa shape index (κ2) is 5.80. The van der Waals surface area contributed by atoms with Gasteiger partial charge in [0.1, 0.15) is 0 Å². The van der Waals surface area contributed by atoms with Crippen molar-refractivity contribution >= 4 is 34.2 Å². The molecule has 1 aromatic carbocycles. The van der Waals surface area contributed by atoms with Crippen LogP contribution < -0.4 is 11.1 Å². The second-order valence-corrected chi connectivity index (χ2v) is 4.30. The smallest absolute Gasteiger partial charge is 0.0409 e. The molecule has 1 aromatic rings. The maximum Gasteiger partial charge on any atom is 0.0409 e. The van der Waals surface area contributed by atoms with Gasteiger partial charge in [0, 0.05) is 28.2 Å². The molecule has 0 aliphatic rings. The van der Waals surface area contributed by atoms with Crippen molar-refractivity contribution in [2.24, 2.45) is 5.73 Å². The SMILES string of the molecule is NCCNCc1cc(Cl)ccc1I. The highest BCUT2D eigenvalue weighted by molar-refractivity contribution is 14.1. The highest BCUT2D eigenvalue weighted by Crippen LogP contribution is 2.17. The lowest BCUT2D eigenvalue weighted by molar-refractivity contribution is 0.693.